The highest BCUT2D eigenvalue weighted by molar-refractivity contribution is 7.90. The van der Waals surface area contributed by atoms with Crippen LogP contribution < -0.4 is 10.2 Å². The highest BCUT2D eigenvalue weighted by Gasteiger charge is 2.24. The Labute approximate surface area is 115 Å². The van der Waals surface area contributed by atoms with Gasteiger partial charge in [-0.25, -0.2) is 8.42 Å². The Morgan fingerprint density at radius 2 is 2.05 bits per heavy atom. The molecule has 0 amide bonds. The van der Waals surface area contributed by atoms with Gasteiger partial charge in [0.25, 0.3) is 0 Å². The van der Waals surface area contributed by atoms with Crippen LogP contribution in [0.2, 0.25) is 0 Å². The van der Waals surface area contributed by atoms with Gasteiger partial charge in [-0.3, -0.25) is 0 Å². The van der Waals surface area contributed by atoms with E-state index in [1.807, 2.05) is 0 Å². The average Bonchev–Trinajstić information content (AvgIpc) is 2.64. The maximum Gasteiger partial charge on any atom is 0.148 e. The number of hydrogen-bond acceptors (Lipinski definition) is 4. The van der Waals surface area contributed by atoms with Gasteiger partial charge in [-0.2, -0.15) is 0 Å². The minimum Gasteiger partial charge on any atom is -0.367 e. The summed E-state index contributed by atoms with van der Waals surface area (Å²) < 4.78 is 22.0. The zero-order chi connectivity index (χ0) is 13.9. The van der Waals surface area contributed by atoms with Crippen LogP contribution in [0, 0.1) is 0 Å². The average molecular weight is 282 g/mol. The zero-order valence-corrected chi connectivity index (χ0v) is 12.4. The highest BCUT2D eigenvalue weighted by Crippen LogP contribution is 2.30. The predicted molar refractivity (Wildman–Crippen MR) is 79.5 cm³/mol. The van der Waals surface area contributed by atoms with Crippen molar-refractivity contribution in [2.75, 3.05) is 36.5 Å². The van der Waals surface area contributed by atoms with E-state index in [1.54, 1.807) is 0 Å². The fourth-order valence-electron chi connectivity index (χ4n) is 2.55. The Morgan fingerprint density at radius 1 is 1.32 bits per heavy atom. The molecule has 0 radical (unpaired) electrons. The van der Waals surface area contributed by atoms with E-state index in [9.17, 15) is 8.42 Å². The molecule has 0 saturated carbocycles. The summed E-state index contributed by atoms with van der Waals surface area (Å²) in [6.45, 7) is 4.50. The van der Waals surface area contributed by atoms with Crippen molar-refractivity contribution in [3.63, 3.8) is 0 Å². The van der Waals surface area contributed by atoms with E-state index in [0.29, 0.717) is 12.6 Å². The summed E-state index contributed by atoms with van der Waals surface area (Å²) in [6, 6.07) is 9.02. The maximum absolute atomic E-state index is 11.0. The molecule has 1 heterocycles. The summed E-state index contributed by atoms with van der Waals surface area (Å²) in [6.07, 6.45) is 2.37. The first-order valence-corrected chi connectivity index (χ1v) is 8.76. The van der Waals surface area contributed by atoms with E-state index in [1.165, 1.54) is 17.5 Å². The van der Waals surface area contributed by atoms with E-state index in [0.717, 1.165) is 19.5 Å². The molecule has 0 fully saturated rings. The van der Waals surface area contributed by atoms with Gasteiger partial charge in [-0.1, -0.05) is 18.2 Å². The summed E-state index contributed by atoms with van der Waals surface area (Å²) in [5, 5.41) is 3.20. The van der Waals surface area contributed by atoms with Crippen LogP contribution >= 0.6 is 0 Å². The quantitative estimate of drug-likeness (QED) is 0.793. The van der Waals surface area contributed by atoms with E-state index in [4.69, 9.17) is 0 Å². The van der Waals surface area contributed by atoms with Gasteiger partial charge in [-0.15, -0.1) is 0 Å². The van der Waals surface area contributed by atoms with Crippen molar-refractivity contribution in [3.8, 4) is 0 Å². The molecule has 0 saturated heterocycles. The number of rotatable bonds is 6. The molecule has 1 aromatic rings. The van der Waals surface area contributed by atoms with Gasteiger partial charge in [0.05, 0.1) is 5.75 Å². The second-order valence-electron chi connectivity index (χ2n) is 5.26. The van der Waals surface area contributed by atoms with Crippen LogP contribution in [0.25, 0.3) is 0 Å². The molecule has 106 valence electrons. The molecule has 1 aliphatic heterocycles. The molecule has 1 N–H and O–H groups in total. The molecule has 1 unspecified atom stereocenters. The lowest BCUT2D eigenvalue weighted by molar-refractivity contribution is 0.592. The van der Waals surface area contributed by atoms with Crippen LogP contribution in [0.4, 0.5) is 5.69 Å². The van der Waals surface area contributed by atoms with E-state index >= 15 is 0 Å². The Bertz CT molecular complexity index is 528. The molecule has 2 rings (SSSR count). The molecule has 19 heavy (non-hydrogen) atoms. The normalized spacial score (nSPS) is 18.6. The van der Waals surface area contributed by atoms with Gasteiger partial charge in [-0.05, 0) is 25.0 Å². The van der Waals surface area contributed by atoms with Crippen LogP contribution in [-0.2, 0) is 16.3 Å². The molecule has 1 aromatic carbocycles. The third-order valence-electron chi connectivity index (χ3n) is 3.53. The molecule has 0 aromatic heterocycles. The summed E-state index contributed by atoms with van der Waals surface area (Å²) in [5.74, 6) is 0.207. The monoisotopic (exact) mass is 282 g/mol. The SMILES string of the molecule is CC1Cc2ccccc2N1CCNCCS(C)(=O)=O. The van der Waals surface area contributed by atoms with Crippen LogP contribution in [0.3, 0.4) is 0 Å². The second kappa shape index (κ2) is 5.92. The van der Waals surface area contributed by atoms with Crippen molar-refractivity contribution in [1.82, 2.24) is 5.32 Å². The van der Waals surface area contributed by atoms with Gasteiger partial charge in [0.2, 0.25) is 0 Å². The first-order chi connectivity index (χ1) is 8.97. The molecular formula is C14H22N2O2S. The van der Waals surface area contributed by atoms with Gasteiger partial charge < -0.3 is 10.2 Å². The Kier molecular flexibility index (Phi) is 4.47. The molecule has 1 aliphatic rings. The van der Waals surface area contributed by atoms with Gasteiger partial charge in [0.1, 0.15) is 9.84 Å². The molecule has 4 nitrogen and oxygen atoms in total. The lowest BCUT2D eigenvalue weighted by Gasteiger charge is -2.25. The van der Waals surface area contributed by atoms with E-state index < -0.39 is 9.84 Å². The molecule has 0 aliphatic carbocycles. The molecule has 0 spiro atoms. The Morgan fingerprint density at radius 3 is 2.79 bits per heavy atom. The van der Waals surface area contributed by atoms with Crippen molar-refractivity contribution in [2.24, 2.45) is 0 Å². The predicted octanol–water partition coefficient (Wildman–Crippen LogP) is 1.07. The first kappa shape index (κ1) is 14.3. The molecule has 1 atom stereocenters. The standard InChI is InChI=1S/C14H22N2O2S/c1-12-11-13-5-3-4-6-14(13)16(12)9-7-15-8-10-19(2,17)18/h3-6,12,15H,7-11H2,1-2H3. The second-order valence-corrected chi connectivity index (χ2v) is 7.51. The van der Waals surface area contributed by atoms with Crippen molar-refractivity contribution in [3.05, 3.63) is 29.8 Å². The van der Waals surface area contributed by atoms with Gasteiger partial charge in [0, 0.05) is 37.6 Å². The maximum atomic E-state index is 11.0. The van der Waals surface area contributed by atoms with Crippen molar-refractivity contribution in [2.45, 2.75) is 19.4 Å². The third-order valence-corrected chi connectivity index (χ3v) is 4.47. The zero-order valence-electron chi connectivity index (χ0n) is 11.6. The number of sulfone groups is 1. The molecule has 0 bridgehead atoms. The van der Waals surface area contributed by atoms with Crippen molar-refractivity contribution < 1.29 is 8.42 Å². The fourth-order valence-corrected chi connectivity index (χ4v) is 3.07. The van der Waals surface area contributed by atoms with Crippen LogP contribution in [0.5, 0.6) is 0 Å². The minimum atomic E-state index is -2.86. The van der Waals surface area contributed by atoms with E-state index in [2.05, 4.69) is 41.4 Å². The Hall–Kier alpha value is -1.07. The smallest absolute Gasteiger partial charge is 0.148 e. The van der Waals surface area contributed by atoms with Crippen LogP contribution in [0.1, 0.15) is 12.5 Å². The number of para-hydroxylation sites is 1. The summed E-state index contributed by atoms with van der Waals surface area (Å²) >= 11 is 0. The third kappa shape index (κ3) is 3.94. The molecular weight excluding hydrogens is 260 g/mol. The first-order valence-electron chi connectivity index (χ1n) is 6.70. The largest absolute Gasteiger partial charge is 0.367 e. The van der Waals surface area contributed by atoms with Gasteiger partial charge in [0.15, 0.2) is 0 Å². The number of nitrogens with one attached hydrogen (secondary N) is 1. The minimum absolute atomic E-state index is 0.207. The summed E-state index contributed by atoms with van der Waals surface area (Å²) in [5.41, 5.74) is 2.73. The fraction of sp³-hybridized carbons (Fsp3) is 0.571. The number of nitrogens with zero attached hydrogens (tertiary/aromatic N) is 1. The molecule has 5 heteroatoms. The van der Waals surface area contributed by atoms with Crippen molar-refractivity contribution in [1.29, 1.82) is 0 Å². The van der Waals surface area contributed by atoms with E-state index in [-0.39, 0.29) is 5.75 Å². The van der Waals surface area contributed by atoms with Crippen LogP contribution in [0.15, 0.2) is 24.3 Å². The van der Waals surface area contributed by atoms with Gasteiger partial charge >= 0.3 is 0 Å². The summed E-state index contributed by atoms with van der Waals surface area (Å²) in [4.78, 5) is 2.39. The van der Waals surface area contributed by atoms with Crippen LogP contribution in [-0.4, -0.2) is 46.1 Å². The number of anilines is 1. The topological polar surface area (TPSA) is 49.4 Å². The number of fused-ring (bicyclic) bond motifs is 1. The van der Waals surface area contributed by atoms with Crippen molar-refractivity contribution >= 4 is 15.5 Å². The number of hydrogen-bond donors (Lipinski definition) is 1. The lowest BCUT2D eigenvalue weighted by atomic mass is 10.1. The lowest BCUT2D eigenvalue weighted by Crippen LogP contribution is -2.37. The summed E-state index contributed by atoms with van der Waals surface area (Å²) in [7, 11) is -2.86. The highest BCUT2D eigenvalue weighted by atomic mass is 32.2. The Balaban J connectivity index is 1.81. The number of benzene rings is 1.